The first-order chi connectivity index (χ1) is 8.55. The van der Waals surface area contributed by atoms with Gasteiger partial charge in [-0.3, -0.25) is 9.71 Å². The molecule has 0 unspecified atom stereocenters. The van der Waals surface area contributed by atoms with Crippen molar-refractivity contribution in [3.63, 3.8) is 0 Å². The van der Waals surface area contributed by atoms with Gasteiger partial charge in [0.2, 0.25) is 10.0 Å². The third-order valence-corrected chi connectivity index (χ3v) is 5.05. The molecular formula is C12H17BrN2O2S. The van der Waals surface area contributed by atoms with Crippen molar-refractivity contribution in [3.8, 4) is 0 Å². The van der Waals surface area contributed by atoms with E-state index in [2.05, 4.69) is 25.6 Å². The molecule has 1 heterocycles. The van der Waals surface area contributed by atoms with E-state index in [4.69, 9.17) is 0 Å². The minimum Gasteiger partial charge on any atom is -0.282 e. The largest absolute Gasteiger partial charge is 0.282 e. The summed E-state index contributed by atoms with van der Waals surface area (Å²) >= 11 is 3.27. The summed E-state index contributed by atoms with van der Waals surface area (Å²) in [7, 11) is -3.26. The molecule has 0 saturated heterocycles. The summed E-state index contributed by atoms with van der Waals surface area (Å²) in [6.07, 6.45) is 8.73. The number of sulfonamides is 1. The zero-order valence-electron chi connectivity index (χ0n) is 10.1. The summed E-state index contributed by atoms with van der Waals surface area (Å²) in [4.78, 5) is 3.94. The van der Waals surface area contributed by atoms with Crippen LogP contribution in [0.3, 0.4) is 0 Å². The SMILES string of the molecule is O=S(=O)(CC1CCCCC1)Nc1cncc(Br)c1. The number of anilines is 1. The number of hydrogen-bond donors (Lipinski definition) is 1. The smallest absolute Gasteiger partial charge is 0.233 e. The van der Waals surface area contributed by atoms with Gasteiger partial charge in [0.1, 0.15) is 0 Å². The molecule has 1 saturated carbocycles. The highest BCUT2D eigenvalue weighted by Gasteiger charge is 2.21. The number of nitrogens with one attached hydrogen (secondary N) is 1. The van der Waals surface area contributed by atoms with Crippen molar-refractivity contribution in [3.05, 3.63) is 22.9 Å². The van der Waals surface area contributed by atoms with Gasteiger partial charge in [-0.05, 0) is 40.8 Å². The summed E-state index contributed by atoms with van der Waals surface area (Å²) in [5, 5.41) is 0. The minimum atomic E-state index is -3.26. The van der Waals surface area contributed by atoms with Crippen LogP contribution in [-0.2, 0) is 10.0 Å². The number of aromatic nitrogens is 1. The first-order valence-corrected chi connectivity index (χ1v) is 8.61. The normalized spacial score (nSPS) is 17.6. The highest BCUT2D eigenvalue weighted by Crippen LogP contribution is 2.25. The maximum Gasteiger partial charge on any atom is 0.233 e. The Morgan fingerprint density at radius 1 is 1.28 bits per heavy atom. The standard InChI is InChI=1S/C12H17BrN2O2S/c13-11-6-12(8-14-7-11)15-18(16,17)9-10-4-2-1-3-5-10/h6-8,10,15H,1-5,9H2. The van der Waals surface area contributed by atoms with E-state index in [1.807, 2.05) is 0 Å². The van der Waals surface area contributed by atoms with Crippen LogP contribution in [0.1, 0.15) is 32.1 Å². The van der Waals surface area contributed by atoms with Crippen molar-refractivity contribution in [2.24, 2.45) is 5.92 Å². The van der Waals surface area contributed by atoms with Crippen molar-refractivity contribution in [1.82, 2.24) is 4.98 Å². The Labute approximate surface area is 116 Å². The van der Waals surface area contributed by atoms with Gasteiger partial charge >= 0.3 is 0 Å². The average molecular weight is 333 g/mol. The molecule has 1 N–H and O–H groups in total. The zero-order valence-corrected chi connectivity index (χ0v) is 12.5. The maximum atomic E-state index is 12.0. The highest BCUT2D eigenvalue weighted by molar-refractivity contribution is 9.10. The van der Waals surface area contributed by atoms with E-state index >= 15 is 0 Å². The summed E-state index contributed by atoms with van der Waals surface area (Å²) in [6, 6.07) is 1.71. The number of nitrogens with zero attached hydrogens (tertiary/aromatic N) is 1. The van der Waals surface area contributed by atoms with Crippen LogP contribution in [0.4, 0.5) is 5.69 Å². The van der Waals surface area contributed by atoms with Crippen LogP contribution in [0.25, 0.3) is 0 Å². The van der Waals surface area contributed by atoms with E-state index in [0.29, 0.717) is 11.6 Å². The second-order valence-corrected chi connectivity index (χ2v) is 7.46. The Bertz CT molecular complexity index is 499. The minimum absolute atomic E-state index is 0.222. The van der Waals surface area contributed by atoms with E-state index < -0.39 is 10.0 Å². The third-order valence-electron chi connectivity index (χ3n) is 3.16. The Balaban J connectivity index is 1.98. The molecular weight excluding hydrogens is 316 g/mol. The van der Waals surface area contributed by atoms with Crippen LogP contribution in [0.5, 0.6) is 0 Å². The van der Waals surface area contributed by atoms with Crippen LogP contribution < -0.4 is 4.72 Å². The lowest BCUT2D eigenvalue weighted by Gasteiger charge is -2.21. The average Bonchev–Trinajstić information content (AvgIpc) is 2.28. The predicted octanol–water partition coefficient (Wildman–Crippen LogP) is 3.17. The van der Waals surface area contributed by atoms with E-state index in [0.717, 1.165) is 30.2 Å². The third kappa shape index (κ3) is 4.24. The molecule has 100 valence electrons. The van der Waals surface area contributed by atoms with Crippen LogP contribution in [0.15, 0.2) is 22.9 Å². The quantitative estimate of drug-likeness (QED) is 0.921. The van der Waals surface area contributed by atoms with Crippen molar-refractivity contribution >= 4 is 31.6 Å². The summed E-state index contributed by atoms with van der Waals surface area (Å²) in [5.41, 5.74) is 0.514. The topological polar surface area (TPSA) is 59.1 Å². The van der Waals surface area contributed by atoms with Gasteiger partial charge in [0.25, 0.3) is 0 Å². The maximum absolute atomic E-state index is 12.0. The first kappa shape index (κ1) is 13.8. The first-order valence-electron chi connectivity index (χ1n) is 6.16. The van der Waals surface area contributed by atoms with E-state index in [9.17, 15) is 8.42 Å². The number of rotatable bonds is 4. The second kappa shape index (κ2) is 6.02. The van der Waals surface area contributed by atoms with Gasteiger partial charge in [0, 0.05) is 10.7 Å². The Hall–Kier alpha value is -0.620. The molecule has 4 nitrogen and oxygen atoms in total. The molecule has 18 heavy (non-hydrogen) atoms. The number of halogens is 1. The van der Waals surface area contributed by atoms with Gasteiger partial charge < -0.3 is 0 Å². The van der Waals surface area contributed by atoms with Crippen molar-refractivity contribution in [2.45, 2.75) is 32.1 Å². The van der Waals surface area contributed by atoms with E-state index in [1.54, 1.807) is 12.3 Å². The van der Waals surface area contributed by atoms with Crippen LogP contribution >= 0.6 is 15.9 Å². The molecule has 0 atom stereocenters. The Morgan fingerprint density at radius 3 is 2.67 bits per heavy atom. The van der Waals surface area contributed by atoms with Gasteiger partial charge in [0.15, 0.2) is 0 Å². The monoisotopic (exact) mass is 332 g/mol. The predicted molar refractivity (Wildman–Crippen MR) is 75.9 cm³/mol. The molecule has 0 aromatic carbocycles. The van der Waals surface area contributed by atoms with Crippen molar-refractivity contribution < 1.29 is 8.42 Å². The van der Waals surface area contributed by atoms with Crippen LogP contribution in [-0.4, -0.2) is 19.2 Å². The second-order valence-electron chi connectivity index (χ2n) is 4.78. The summed E-state index contributed by atoms with van der Waals surface area (Å²) < 4.78 is 27.4. The molecule has 1 aliphatic carbocycles. The fourth-order valence-corrected chi connectivity index (χ4v) is 4.23. The lowest BCUT2D eigenvalue weighted by molar-refractivity contribution is 0.385. The van der Waals surface area contributed by atoms with Crippen LogP contribution in [0, 0.1) is 5.92 Å². The van der Waals surface area contributed by atoms with E-state index in [1.165, 1.54) is 12.6 Å². The molecule has 1 fully saturated rings. The Morgan fingerprint density at radius 2 is 2.00 bits per heavy atom. The van der Waals surface area contributed by atoms with Gasteiger partial charge in [-0.15, -0.1) is 0 Å². The summed E-state index contributed by atoms with van der Waals surface area (Å²) in [6.45, 7) is 0. The molecule has 0 bridgehead atoms. The molecule has 1 aliphatic rings. The molecule has 0 spiro atoms. The van der Waals surface area contributed by atoms with E-state index in [-0.39, 0.29) is 5.75 Å². The molecule has 0 amide bonds. The van der Waals surface area contributed by atoms with Gasteiger partial charge in [-0.25, -0.2) is 8.42 Å². The lowest BCUT2D eigenvalue weighted by atomic mass is 9.91. The van der Waals surface area contributed by atoms with Crippen molar-refractivity contribution in [2.75, 3.05) is 10.5 Å². The molecule has 0 radical (unpaired) electrons. The van der Waals surface area contributed by atoms with Crippen LogP contribution in [0.2, 0.25) is 0 Å². The number of pyridine rings is 1. The number of hydrogen-bond acceptors (Lipinski definition) is 3. The zero-order chi connectivity index (χ0) is 13.0. The molecule has 6 heteroatoms. The van der Waals surface area contributed by atoms with Gasteiger partial charge in [-0.2, -0.15) is 0 Å². The molecule has 0 aliphatic heterocycles. The van der Waals surface area contributed by atoms with Crippen molar-refractivity contribution in [1.29, 1.82) is 0 Å². The molecule has 1 aromatic rings. The van der Waals surface area contributed by atoms with Gasteiger partial charge in [0.05, 0.1) is 17.6 Å². The molecule has 2 rings (SSSR count). The summed E-state index contributed by atoms with van der Waals surface area (Å²) in [5.74, 6) is 0.524. The highest BCUT2D eigenvalue weighted by atomic mass is 79.9. The fraction of sp³-hybridized carbons (Fsp3) is 0.583. The lowest BCUT2D eigenvalue weighted by Crippen LogP contribution is -2.24. The molecule has 1 aromatic heterocycles. The Kier molecular flexibility index (Phi) is 4.61. The fourth-order valence-electron chi connectivity index (χ4n) is 2.35. The van der Waals surface area contributed by atoms with Gasteiger partial charge in [-0.1, -0.05) is 19.3 Å².